The Morgan fingerprint density at radius 2 is 1.56 bits per heavy atom. The zero-order valence-electron chi connectivity index (χ0n) is 34.2. The number of hydrogen-bond donors (Lipinski definition) is 3. The van der Waals surface area contributed by atoms with E-state index in [2.05, 4.69) is 106 Å². The molecule has 4 rings (SSSR count). The van der Waals surface area contributed by atoms with Gasteiger partial charge in [0.15, 0.2) is 11.5 Å². The summed E-state index contributed by atoms with van der Waals surface area (Å²) in [5, 5.41) is 29.1. The zero-order chi connectivity index (χ0) is 41.8. The van der Waals surface area contributed by atoms with Gasteiger partial charge in [0.2, 0.25) is 11.6 Å². The van der Waals surface area contributed by atoms with E-state index in [1.165, 1.54) is 17.9 Å². The predicted octanol–water partition coefficient (Wildman–Crippen LogP) is 8.88. The predicted molar refractivity (Wildman–Crippen MR) is 230 cm³/mol. The van der Waals surface area contributed by atoms with Crippen LogP contribution in [-0.4, -0.2) is 73.7 Å². The highest BCUT2D eigenvalue weighted by Crippen LogP contribution is 2.49. The van der Waals surface area contributed by atoms with E-state index >= 15 is 0 Å². The topological polar surface area (TPSA) is 147 Å². The van der Waals surface area contributed by atoms with Crippen LogP contribution in [0.2, 0.25) is 0 Å². The molecule has 0 aromatic heterocycles. The minimum absolute atomic E-state index is 0.168. The fraction of sp³-hybridized carbons (Fsp3) is 0.476. The molecule has 0 saturated heterocycles. The smallest absolute Gasteiger partial charge is 0.220 e. The van der Waals surface area contributed by atoms with Gasteiger partial charge in [-0.05, 0) is 91.5 Å². The Morgan fingerprint density at radius 3 is 2.19 bits per heavy atom. The molecule has 0 aliphatic carbocycles. The van der Waals surface area contributed by atoms with E-state index in [1.807, 2.05) is 31.2 Å². The normalized spacial score (nSPS) is 17.2. The summed E-state index contributed by atoms with van der Waals surface area (Å²) in [6.07, 6.45) is 18.4. The van der Waals surface area contributed by atoms with Crippen molar-refractivity contribution in [3.63, 3.8) is 0 Å². The van der Waals surface area contributed by atoms with Crippen LogP contribution in [-0.2, 0) is 48.7 Å². The van der Waals surface area contributed by atoms with Gasteiger partial charge in [-0.2, -0.15) is 4.58 Å². The van der Waals surface area contributed by atoms with Gasteiger partial charge in [0.25, 0.3) is 0 Å². The quantitative estimate of drug-likeness (QED) is 0.0198. The molecular weight excluding hydrogens is 787 g/mol. The maximum atomic E-state index is 12.9. The first kappa shape index (κ1) is 46.4. The van der Waals surface area contributed by atoms with Crippen LogP contribution in [0.5, 0.6) is 0 Å². The number of carbonyl (C=O) groups is 2. The molecule has 0 saturated carbocycles. The van der Waals surface area contributed by atoms with Crippen LogP contribution in [0.15, 0.2) is 82.3 Å². The first-order valence-electron chi connectivity index (χ1n) is 19.3. The minimum atomic E-state index is -2.37. The molecule has 1 amide bonds. The van der Waals surface area contributed by atoms with Crippen molar-refractivity contribution in [1.29, 1.82) is 0 Å². The van der Waals surface area contributed by atoms with Crippen LogP contribution < -0.4 is 10.2 Å². The van der Waals surface area contributed by atoms with E-state index < -0.39 is 15.6 Å². The average Bonchev–Trinajstić information content (AvgIpc) is 3.50. The van der Waals surface area contributed by atoms with Crippen molar-refractivity contribution < 1.29 is 47.6 Å². The Hall–Kier alpha value is -3.25. The molecule has 57 heavy (non-hydrogen) atoms. The van der Waals surface area contributed by atoms with Crippen LogP contribution in [0.25, 0.3) is 0 Å². The van der Waals surface area contributed by atoms with Gasteiger partial charge in [0, 0.05) is 81.6 Å². The van der Waals surface area contributed by atoms with Crippen LogP contribution in [0, 0.1) is 0 Å². The third-order valence-electron chi connectivity index (χ3n) is 10.3. The molecule has 2 aliphatic heterocycles. The fourth-order valence-corrected chi connectivity index (χ4v) is 9.04. The highest BCUT2D eigenvalue weighted by Gasteiger charge is 2.44. The number of hydrogen-bond acceptors (Lipinski definition) is 12. The Morgan fingerprint density at radius 1 is 0.895 bits per heavy atom. The molecule has 0 bridgehead atoms. The minimum Gasteiger partial charge on any atom is -0.346 e. The number of fused-ring (bicyclic) bond motifs is 2. The van der Waals surface area contributed by atoms with Gasteiger partial charge in [0.1, 0.15) is 6.54 Å². The summed E-state index contributed by atoms with van der Waals surface area (Å²) in [6.45, 7) is 14.5. The lowest BCUT2D eigenvalue weighted by molar-refractivity contribution is -0.438. The number of benzene rings is 2. The van der Waals surface area contributed by atoms with Gasteiger partial charge >= 0.3 is 0 Å². The SMILES string of the molecule is CCCC[C@H](NC(=O)CCCCC[N+]1=C(/C=C/C=C/C=C2/N(CC)c3ccc(SOOO)cc3C2(C)C)C(C)(C)c2cc(SOOO)ccc21)C(=O)C=S(C)(C)=O. The molecule has 0 spiro atoms. The van der Waals surface area contributed by atoms with Gasteiger partial charge in [0.05, 0.1) is 35.5 Å². The van der Waals surface area contributed by atoms with Crippen molar-refractivity contribution >= 4 is 67.8 Å². The second kappa shape index (κ2) is 21.1. The summed E-state index contributed by atoms with van der Waals surface area (Å²) in [6, 6.07) is 11.4. The Bertz CT molecular complexity index is 1990. The second-order valence-electron chi connectivity index (χ2n) is 15.5. The number of anilines is 1. The number of allylic oxidation sites excluding steroid dienone is 6. The molecule has 15 heteroatoms. The lowest BCUT2D eigenvalue weighted by Gasteiger charge is -2.25. The van der Waals surface area contributed by atoms with E-state index in [0.717, 1.165) is 107 Å². The number of rotatable bonds is 22. The second-order valence-corrected chi connectivity index (χ2v) is 19.9. The zero-order valence-corrected chi connectivity index (χ0v) is 36.7. The molecular formula is C42H58N3O9S3+. The average molecular weight is 845 g/mol. The summed E-state index contributed by atoms with van der Waals surface area (Å²) >= 11 is 1.88. The van der Waals surface area contributed by atoms with Crippen molar-refractivity contribution in [2.75, 3.05) is 30.5 Å². The summed E-state index contributed by atoms with van der Waals surface area (Å²) in [7, 11) is -2.37. The molecule has 0 fully saturated rings. The first-order chi connectivity index (χ1) is 27.1. The van der Waals surface area contributed by atoms with Gasteiger partial charge in [-0.25, -0.2) is 10.5 Å². The number of nitrogens with one attached hydrogen (secondary N) is 1. The van der Waals surface area contributed by atoms with Crippen LogP contribution >= 0.6 is 24.1 Å². The van der Waals surface area contributed by atoms with E-state index in [4.69, 9.17) is 14.8 Å². The van der Waals surface area contributed by atoms with E-state index in [-0.39, 0.29) is 22.5 Å². The maximum absolute atomic E-state index is 12.9. The van der Waals surface area contributed by atoms with E-state index in [0.29, 0.717) is 19.3 Å². The Balaban J connectivity index is 1.50. The van der Waals surface area contributed by atoms with E-state index in [1.54, 1.807) is 0 Å². The highest BCUT2D eigenvalue weighted by molar-refractivity contribution is 8.01. The lowest BCUT2D eigenvalue weighted by atomic mass is 9.81. The van der Waals surface area contributed by atoms with Crippen molar-refractivity contribution in [3.8, 4) is 0 Å². The van der Waals surface area contributed by atoms with Gasteiger partial charge < -0.3 is 10.2 Å². The number of amides is 1. The van der Waals surface area contributed by atoms with Crippen molar-refractivity contribution in [2.24, 2.45) is 0 Å². The van der Waals surface area contributed by atoms with Crippen molar-refractivity contribution in [1.82, 2.24) is 5.32 Å². The van der Waals surface area contributed by atoms with Crippen LogP contribution in [0.3, 0.4) is 0 Å². The number of unbranched alkanes of at least 4 members (excludes halogenated alkanes) is 3. The number of ketones is 1. The summed E-state index contributed by atoms with van der Waals surface area (Å²) in [4.78, 5) is 29.6. The number of Topliss-reactive ketones (excluding diaryl/α,β-unsaturated/α-hetero) is 1. The van der Waals surface area contributed by atoms with Crippen molar-refractivity contribution in [3.05, 3.63) is 83.6 Å². The molecule has 2 aromatic carbocycles. The molecule has 2 heterocycles. The van der Waals surface area contributed by atoms with E-state index in [9.17, 15) is 13.8 Å². The number of nitrogens with zero attached hydrogens (tertiary/aromatic N) is 2. The molecule has 2 aromatic rings. The number of carbonyl (C=O) groups excluding carboxylic acids is 2. The maximum Gasteiger partial charge on any atom is 0.220 e. The first-order valence-corrected chi connectivity index (χ1v) is 23.2. The number of likely N-dealkylation sites (N-methyl/N-ethyl adjacent to an activating group) is 1. The third kappa shape index (κ3) is 12.1. The molecule has 312 valence electrons. The highest BCUT2D eigenvalue weighted by atomic mass is 32.2. The van der Waals surface area contributed by atoms with Gasteiger partial charge in [-0.1, -0.05) is 61.9 Å². The molecule has 3 N–H and O–H groups in total. The molecule has 12 nitrogen and oxygen atoms in total. The monoisotopic (exact) mass is 844 g/mol. The Kier molecular flexibility index (Phi) is 17.2. The molecule has 0 radical (unpaired) electrons. The van der Waals surface area contributed by atoms with Crippen LogP contribution in [0.4, 0.5) is 11.4 Å². The Labute approximate surface area is 346 Å². The summed E-state index contributed by atoms with van der Waals surface area (Å²) < 4.78 is 24.0. The molecule has 2 aliphatic rings. The third-order valence-corrected chi connectivity index (χ3v) is 12.3. The molecule has 0 unspecified atom stereocenters. The lowest BCUT2D eigenvalue weighted by Crippen LogP contribution is -2.42. The summed E-state index contributed by atoms with van der Waals surface area (Å²) in [5.74, 6) is -0.452. The largest absolute Gasteiger partial charge is 0.346 e. The molecule has 1 atom stereocenters. The standard InChI is InChI=1S/C42H57N3O9S3/c1-9-11-18-34(37(46)29-57(7,8)50)43-40(47)21-16-13-17-26-45-36-25-23-31(56-54-52-49)28-33(36)42(5,6)39(45)20-15-12-14-19-38-41(3,4)32-27-30(55-53-51-48)22-24-35(32)44(38)10-2/h12,14-15,19-20,22-25,27-29,34H,9-11,13,16-18,21,26H2,1-8H3,(H2-,43,47,48,49)/p+1/t34-/m0/s1. The van der Waals surface area contributed by atoms with Crippen molar-refractivity contribution in [2.45, 2.75) is 113 Å². The fourth-order valence-electron chi connectivity index (χ4n) is 7.52. The van der Waals surface area contributed by atoms with Crippen LogP contribution in [0.1, 0.15) is 97.6 Å². The van der Waals surface area contributed by atoms with Gasteiger partial charge in [-0.3, -0.25) is 13.8 Å². The summed E-state index contributed by atoms with van der Waals surface area (Å²) in [5.41, 5.74) is 6.11. The van der Waals surface area contributed by atoms with Gasteiger partial charge in [-0.15, -0.1) is 8.67 Å².